The first-order valence-electron chi connectivity index (χ1n) is 15.3. The molecule has 1 fully saturated rings. The first kappa shape index (κ1) is 34.8. The molecule has 0 spiro atoms. The maximum Gasteiger partial charge on any atom is 0.325 e. The van der Waals surface area contributed by atoms with E-state index >= 15 is 0 Å². The number of urea groups is 1. The molecule has 1 heterocycles. The minimum atomic E-state index is -1.49. The summed E-state index contributed by atoms with van der Waals surface area (Å²) in [5, 5.41) is 20.7. The van der Waals surface area contributed by atoms with E-state index in [1.165, 1.54) is 7.11 Å². The average Bonchev–Trinajstić information content (AvgIpc) is 3.22. The number of oxime groups is 1. The van der Waals surface area contributed by atoms with Gasteiger partial charge in [-0.3, -0.25) is 14.5 Å². The van der Waals surface area contributed by atoms with Crippen LogP contribution in [-0.4, -0.2) is 60.4 Å². The van der Waals surface area contributed by atoms with Crippen molar-refractivity contribution >= 4 is 29.2 Å². The fourth-order valence-electron chi connectivity index (χ4n) is 5.35. The lowest BCUT2D eigenvalue weighted by atomic mass is 9.94. The number of hydrogen-bond acceptors (Lipinski definition) is 8. The number of benzene rings is 3. The number of carbonyl (C=O) groups excluding carboxylic acids is 3. The van der Waals surface area contributed by atoms with Gasteiger partial charge in [0.2, 0.25) is 5.91 Å². The van der Waals surface area contributed by atoms with Gasteiger partial charge >= 0.3 is 6.03 Å². The highest BCUT2D eigenvalue weighted by Gasteiger charge is 2.35. The van der Waals surface area contributed by atoms with Crippen LogP contribution in [0, 0.1) is 17.6 Å². The molecule has 0 radical (unpaired) electrons. The molecule has 0 aromatic heterocycles. The van der Waals surface area contributed by atoms with Gasteiger partial charge in [0.15, 0.2) is 23.3 Å². The molecule has 3 amide bonds. The number of amidine groups is 1. The van der Waals surface area contributed by atoms with Crippen LogP contribution in [0.1, 0.15) is 65.9 Å². The maximum atomic E-state index is 14.1. The summed E-state index contributed by atoms with van der Waals surface area (Å²) in [4.78, 5) is 46.6. The van der Waals surface area contributed by atoms with Crippen LogP contribution in [0.4, 0.5) is 19.3 Å². The van der Waals surface area contributed by atoms with Crippen LogP contribution in [0.2, 0.25) is 0 Å². The summed E-state index contributed by atoms with van der Waals surface area (Å²) < 4.78 is 33.2. The number of carbonyl (C=O) groups is 3. The molecule has 3 atom stereocenters. The van der Waals surface area contributed by atoms with Crippen molar-refractivity contribution in [3.05, 3.63) is 94.6 Å². The van der Waals surface area contributed by atoms with E-state index in [-0.39, 0.29) is 54.5 Å². The number of rotatable bonds is 12. The Morgan fingerprint density at radius 2 is 1.85 bits per heavy atom. The lowest BCUT2D eigenvalue weighted by Crippen LogP contribution is -2.48. The Morgan fingerprint density at radius 3 is 2.51 bits per heavy atom. The molecule has 3 aromatic carbocycles. The van der Waals surface area contributed by atoms with E-state index in [9.17, 15) is 28.3 Å². The minimum Gasteiger partial charge on any atom is -0.496 e. The Morgan fingerprint density at radius 1 is 1.13 bits per heavy atom. The first-order chi connectivity index (χ1) is 22.6. The molecule has 5 N–H and O–H groups in total. The molecule has 0 aliphatic carbocycles. The zero-order chi connectivity index (χ0) is 34.1. The van der Waals surface area contributed by atoms with Gasteiger partial charge < -0.3 is 31.0 Å². The SMILES string of the molecule is CCC[C@@H](NC(=O)N1CC(=NOCC)NC[C@H](Cc2cc(F)c(F)cc2OC)C1=O)c1ccc(C(O)C(=O)c2ccccc2)c(N)c1. The van der Waals surface area contributed by atoms with Crippen molar-refractivity contribution in [2.45, 2.75) is 45.3 Å². The second kappa shape index (κ2) is 16.0. The molecule has 0 bridgehead atoms. The van der Waals surface area contributed by atoms with Crippen LogP contribution < -0.4 is 21.1 Å². The number of nitrogens with two attached hydrogens (primary N) is 1. The number of anilines is 1. The van der Waals surface area contributed by atoms with Gasteiger partial charge in [-0.2, -0.15) is 0 Å². The van der Waals surface area contributed by atoms with E-state index in [1.54, 1.807) is 55.5 Å². The topological polar surface area (TPSA) is 156 Å². The van der Waals surface area contributed by atoms with Crippen molar-refractivity contribution < 1.29 is 37.8 Å². The van der Waals surface area contributed by atoms with Gasteiger partial charge in [0, 0.05) is 29.4 Å². The van der Waals surface area contributed by atoms with Crippen molar-refractivity contribution in [1.82, 2.24) is 15.5 Å². The number of ketones is 1. The molecular weight excluding hydrogens is 612 g/mol. The Bertz CT molecular complexity index is 1620. The molecule has 4 rings (SSSR count). The van der Waals surface area contributed by atoms with Crippen LogP contribution in [0.3, 0.4) is 0 Å². The summed E-state index contributed by atoms with van der Waals surface area (Å²) in [6.45, 7) is 3.72. The molecule has 47 heavy (non-hydrogen) atoms. The van der Waals surface area contributed by atoms with Crippen molar-refractivity contribution in [2.75, 3.05) is 32.5 Å². The van der Waals surface area contributed by atoms with E-state index in [0.29, 0.717) is 24.0 Å². The van der Waals surface area contributed by atoms with E-state index in [2.05, 4.69) is 15.8 Å². The van der Waals surface area contributed by atoms with Crippen molar-refractivity contribution in [3.63, 3.8) is 0 Å². The number of nitrogens with one attached hydrogen (secondary N) is 2. The smallest absolute Gasteiger partial charge is 0.325 e. The highest BCUT2D eigenvalue weighted by atomic mass is 19.2. The zero-order valence-electron chi connectivity index (χ0n) is 26.5. The first-order valence-corrected chi connectivity index (χ1v) is 15.3. The van der Waals surface area contributed by atoms with Crippen LogP contribution in [0.25, 0.3) is 0 Å². The molecule has 13 heteroatoms. The summed E-state index contributed by atoms with van der Waals surface area (Å²) in [6.07, 6.45) is -0.405. The number of imide groups is 1. The third-order valence-electron chi connectivity index (χ3n) is 7.80. The van der Waals surface area contributed by atoms with E-state index in [0.717, 1.165) is 17.0 Å². The third kappa shape index (κ3) is 8.41. The largest absolute Gasteiger partial charge is 0.496 e. The molecular formula is C34H39F2N5O6. The van der Waals surface area contributed by atoms with Crippen LogP contribution in [0.15, 0.2) is 65.8 Å². The number of hydrogen-bond donors (Lipinski definition) is 4. The predicted molar refractivity (Wildman–Crippen MR) is 172 cm³/mol. The fourth-order valence-corrected chi connectivity index (χ4v) is 5.35. The lowest BCUT2D eigenvalue weighted by molar-refractivity contribution is -0.131. The molecule has 0 saturated carbocycles. The lowest BCUT2D eigenvalue weighted by Gasteiger charge is -2.26. The number of aliphatic hydroxyl groups is 1. The van der Waals surface area contributed by atoms with Crippen molar-refractivity contribution in [3.8, 4) is 5.75 Å². The van der Waals surface area contributed by atoms with Crippen LogP contribution >= 0.6 is 0 Å². The molecule has 1 unspecified atom stereocenters. The summed E-state index contributed by atoms with van der Waals surface area (Å²) in [5.74, 6) is -3.83. The monoisotopic (exact) mass is 651 g/mol. The van der Waals surface area contributed by atoms with Gasteiger partial charge in [-0.15, -0.1) is 0 Å². The van der Waals surface area contributed by atoms with E-state index < -0.39 is 47.4 Å². The molecule has 11 nitrogen and oxygen atoms in total. The fraction of sp³-hybridized carbons (Fsp3) is 0.353. The zero-order valence-corrected chi connectivity index (χ0v) is 26.5. The minimum absolute atomic E-state index is 0.0388. The summed E-state index contributed by atoms with van der Waals surface area (Å²) in [6, 6.07) is 13.7. The van der Waals surface area contributed by atoms with Crippen molar-refractivity contribution in [1.29, 1.82) is 0 Å². The van der Waals surface area contributed by atoms with Crippen molar-refractivity contribution in [2.24, 2.45) is 11.1 Å². The number of halogens is 2. The Kier molecular flexibility index (Phi) is 11.8. The molecule has 1 saturated heterocycles. The second-order valence-electron chi connectivity index (χ2n) is 11.1. The summed E-state index contributed by atoms with van der Waals surface area (Å²) in [5.41, 5.74) is 7.89. The molecule has 250 valence electrons. The highest BCUT2D eigenvalue weighted by molar-refractivity contribution is 6.02. The van der Waals surface area contributed by atoms with Gasteiger partial charge in [0.25, 0.3) is 0 Å². The van der Waals surface area contributed by atoms with Gasteiger partial charge in [-0.25, -0.2) is 13.6 Å². The number of nitrogen functional groups attached to an aromatic ring is 1. The number of amides is 3. The average molecular weight is 652 g/mol. The molecule has 1 aliphatic rings. The highest BCUT2D eigenvalue weighted by Crippen LogP contribution is 2.30. The van der Waals surface area contributed by atoms with Crippen LogP contribution in [0.5, 0.6) is 5.75 Å². The standard InChI is InChI=1S/C34H39F2N5O6/c1-4-9-28(21-12-13-24(27(37)16-21)32(43)31(42)20-10-7-6-8-11-20)39-34(45)41-19-30(40-47-5-2)38-18-23(33(41)44)14-22-15-25(35)26(36)17-29(22)46-3/h6-8,10-13,15-17,23,28,32,43H,4-5,9,14,18-19,37H2,1-3H3,(H,38,40)(H,39,45)/t23-,28+,32?/m0/s1. The van der Waals surface area contributed by atoms with E-state index in [4.69, 9.17) is 15.3 Å². The number of nitrogens with zero attached hydrogens (tertiary/aromatic N) is 2. The predicted octanol–water partition coefficient (Wildman–Crippen LogP) is 4.66. The van der Waals surface area contributed by atoms with Gasteiger partial charge in [-0.05, 0) is 43.0 Å². The maximum absolute atomic E-state index is 14.1. The number of Topliss-reactive ketones (excluding diaryl/α,β-unsaturated/α-hetero) is 1. The molecule has 1 aliphatic heterocycles. The number of ether oxygens (including phenoxy) is 1. The Hall–Kier alpha value is -5.04. The summed E-state index contributed by atoms with van der Waals surface area (Å²) >= 11 is 0. The third-order valence-corrected chi connectivity index (χ3v) is 7.80. The van der Waals surface area contributed by atoms with Crippen LogP contribution in [-0.2, 0) is 16.1 Å². The quantitative estimate of drug-likeness (QED) is 0.125. The normalized spacial score (nSPS) is 17.0. The summed E-state index contributed by atoms with van der Waals surface area (Å²) in [7, 11) is 1.31. The van der Waals surface area contributed by atoms with E-state index in [1.807, 2.05) is 6.92 Å². The van der Waals surface area contributed by atoms with Gasteiger partial charge in [0.05, 0.1) is 25.6 Å². The van der Waals surface area contributed by atoms with Gasteiger partial charge in [0.1, 0.15) is 18.5 Å². The second-order valence-corrected chi connectivity index (χ2v) is 11.1. The number of methoxy groups -OCH3 is 1. The molecule has 3 aromatic rings. The Labute approximate surface area is 271 Å². The number of aliphatic hydroxyl groups excluding tert-OH is 1. The van der Waals surface area contributed by atoms with Gasteiger partial charge in [-0.1, -0.05) is 61.0 Å². The Balaban J connectivity index is 1.58.